The van der Waals surface area contributed by atoms with Crippen LogP contribution in [0.4, 0.5) is 5.69 Å². The molecule has 2 aromatic rings. The molecule has 1 atom stereocenters. The molecular formula is C20H20ClNO5. The summed E-state index contributed by atoms with van der Waals surface area (Å²) in [4.78, 5) is 38.0. The molecule has 0 heterocycles. The summed E-state index contributed by atoms with van der Waals surface area (Å²) in [6.07, 6.45) is -1.19. The molecule has 0 radical (unpaired) electrons. The van der Waals surface area contributed by atoms with Crippen LogP contribution in [-0.4, -0.2) is 31.0 Å². The zero-order valence-corrected chi connectivity index (χ0v) is 15.8. The van der Waals surface area contributed by atoms with Crippen molar-refractivity contribution in [3.05, 3.63) is 65.2 Å². The SMILES string of the molecule is CCOC(=O)CN(C(=O)C(OC(C)=O)c1ccccc1)c1ccc(Cl)cc1. The summed E-state index contributed by atoms with van der Waals surface area (Å²) in [5, 5.41) is 0.488. The van der Waals surface area contributed by atoms with Gasteiger partial charge in [-0.15, -0.1) is 0 Å². The van der Waals surface area contributed by atoms with Crippen molar-refractivity contribution in [2.45, 2.75) is 20.0 Å². The van der Waals surface area contributed by atoms with Crippen LogP contribution in [0.3, 0.4) is 0 Å². The highest BCUT2D eigenvalue weighted by atomic mass is 35.5. The third-order valence-corrected chi connectivity index (χ3v) is 3.86. The number of carbonyl (C=O) groups excluding carboxylic acids is 3. The highest BCUT2D eigenvalue weighted by Crippen LogP contribution is 2.25. The van der Waals surface area contributed by atoms with Gasteiger partial charge in [-0.2, -0.15) is 0 Å². The molecule has 0 bridgehead atoms. The van der Waals surface area contributed by atoms with E-state index in [-0.39, 0.29) is 13.2 Å². The van der Waals surface area contributed by atoms with E-state index < -0.39 is 23.9 Å². The van der Waals surface area contributed by atoms with Crippen LogP contribution >= 0.6 is 11.6 Å². The Morgan fingerprint density at radius 2 is 1.67 bits per heavy atom. The normalized spacial score (nSPS) is 11.4. The first-order valence-electron chi connectivity index (χ1n) is 8.37. The lowest BCUT2D eigenvalue weighted by Gasteiger charge is -2.26. The summed E-state index contributed by atoms with van der Waals surface area (Å²) in [6, 6.07) is 15.0. The average Bonchev–Trinajstić information content (AvgIpc) is 2.65. The van der Waals surface area contributed by atoms with E-state index in [4.69, 9.17) is 21.1 Å². The molecule has 7 heteroatoms. The second-order valence-electron chi connectivity index (χ2n) is 5.61. The third kappa shape index (κ3) is 5.82. The quantitative estimate of drug-likeness (QED) is 0.677. The van der Waals surface area contributed by atoms with E-state index in [1.165, 1.54) is 11.8 Å². The lowest BCUT2D eigenvalue weighted by Crippen LogP contribution is -2.40. The molecule has 0 aliphatic heterocycles. The highest BCUT2D eigenvalue weighted by molar-refractivity contribution is 6.30. The van der Waals surface area contributed by atoms with Gasteiger partial charge in [0.05, 0.1) is 6.61 Å². The molecule has 0 fully saturated rings. The smallest absolute Gasteiger partial charge is 0.326 e. The molecule has 0 aliphatic carbocycles. The summed E-state index contributed by atoms with van der Waals surface area (Å²) < 4.78 is 10.2. The van der Waals surface area contributed by atoms with Crippen LogP contribution in [0.25, 0.3) is 0 Å². The minimum absolute atomic E-state index is 0.188. The minimum atomic E-state index is -1.19. The molecule has 0 saturated carbocycles. The van der Waals surface area contributed by atoms with E-state index in [0.717, 1.165) is 0 Å². The van der Waals surface area contributed by atoms with E-state index in [2.05, 4.69) is 0 Å². The zero-order valence-electron chi connectivity index (χ0n) is 15.1. The summed E-state index contributed by atoms with van der Waals surface area (Å²) in [5.41, 5.74) is 0.936. The Kier molecular flexibility index (Phi) is 7.37. The van der Waals surface area contributed by atoms with Gasteiger partial charge < -0.3 is 9.47 Å². The Balaban J connectivity index is 2.40. The predicted molar refractivity (Wildman–Crippen MR) is 101 cm³/mol. The van der Waals surface area contributed by atoms with Crippen molar-refractivity contribution in [1.82, 2.24) is 0 Å². The number of esters is 2. The first-order chi connectivity index (χ1) is 12.9. The number of halogens is 1. The standard InChI is InChI=1S/C20H20ClNO5/c1-3-26-18(24)13-22(17-11-9-16(21)10-12-17)20(25)19(27-14(2)23)15-7-5-4-6-8-15/h4-12,19H,3,13H2,1-2H3. The van der Waals surface area contributed by atoms with Crippen molar-refractivity contribution in [2.75, 3.05) is 18.1 Å². The van der Waals surface area contributed by atoms with Gasteiger partial charge in [-0.05, 0) is 31.2 Å². The van der Waals surface area contributed by atoms with Crippen molar-refractivity contribution in [3.63, 3.8) is 0 Å². The van der Waals surface area contributed by atoms with Crippen molar-refractivity contribution < 1.29 is 23.9 Å². The van der Waals surface area contributed by atoms with Gasteiger partial charge in [0.2, 0.25) is 6.10 Å². The first-order valence-corrected chi connectivity index (χ1v) is 8.75. The largest absolute Gasteiger partial charge is 0.465 e. The maximum absolute atomic E-state index is 13.2. The Morgan fingerprint density at radius 1 is 1.04 bits per heavy atom. The molecule has 1 unspecified atom stereocenters. The molecule has 1 amide bonds. The Hall–Kier alpha value is -2.86. The summed E-state index contributed by atoms with van der Waals surface area (Å²) >= 11 is 5.91. The molecule has 2 rings (SSSR count). The molecule has 0 N–H and O–H groups in total. The maximum Gasteiger partial charge on any atom is 0.326 e. The number of benzene rings is 2. The molecule has 0 aliphatic rings. The van der Waals surface area contributed by atoms with Gasteiger partial charge in [0, 0.05) is 23.2 Å². The molecule has 0 aromatic heterocycles. The summed E-state index contributed by atoms with van der Waals surface area (Å²) in [5.74, 6) is -1.74. The second kappa shape index (κ2) is 9.73. The molecule has 6 nitrogen and oxygen atoms in total. The fourth-order valence-electron chi connectivity index (χ4n) is 2.45. The van der Waals surface area contributed by atoms with Crippen LogP contribution in [0.2, 0.25) is 5.02 Å². The predicted octanol–water partition coefficient (Wildman–Crippen LogP) is 3.54. The van der Waals surface area contributed by atoms with Gasteiger partial charge in [-0.25, -0.2) is 0 Å². The highest BCUT2D eigenvalue weighted by Gasteiger charge is 2.31. The van der Waals surface area contributed by atoms with Crippen LogP contribution in [0.5, 0.6) is 0 Å². The Labute approximate surface area is 162 Å². The molecule has 2 aromatic carbocycles. The summed E-state index contributed by atoms with van der Waals surface area (Å²) in [6.45, 7) is 2.77. The lowest BCUT2D eigenvalue weighted by molar-refractivity contribution is -0.153. The molecular weight excluding hydrogens is 370 g/mol. The fraction of sp³-hybridized carbons (Fsp3) is 0.250. The van der Waals surface area contributed by atoms with Crippen molar-refractivity contribution >= 4 is 35.1 Å². The molecule has 0 saturated heterocycles. The summed E-state index contributed by atoms with van der Waals surface area (Å²) in [7, 11) is 0. The molecule has 142 valence electrons. The van der Waals surface area contributed by atoms with Crippen molar-refractivity contribution in [3.8, 4) is 0 Å². The van der Waals surface area contributed by atoms with Gasteiger partial charge in [0.25, 0.3) is 5.91 Å². The van der Waals surface area contributed by atoms with E-state index in [1.54, 1.807) is 61.5 Å². The van der Waals surface area contributed by atoms with Gasteiger partial charge in [-0.3, -0.25) is 19.3 Å². The van der Waals surface area contributed by atoms with Gasteiger partial charge >= 0.3 is 11.9 Å². The van der Waals surface area contributed by atoms with E-state index in [1.807, 2.05) is 0 Å². The second-order valence-corrected chi connectivity index (χ2v) is 6.04. The van der Waals surface area contributed by atoms with Crippen LogP contribution in [-0.2, 0) is 23.9 Å². The zero-order chi connectivity index (χ0) is 19.8. The number of carbonyl (C=O) groups is 3. The first kappa shape index (κ1) is 20.5. The Morgan fingerprint density at radius 3 is 2.22 bits per heavy atom. The van der Waals surface area contributed by atoms with Crippen LogP contribution < -0.4 is 4.90 Å². The van der Waals surface area contributed by atoms with E-state index in [9.17, 15) is 14.4 Å². The third-order valence-electron chi connectivity index (χ3n) is 3.61. The topological polar surface area (TPSA) is 72.9 Å². The number of hydrogen-bond donors (Lipinski definition) is 0. The minimum Gasteiger partial charge on any atom is -0.465 e. The van der Waals surface area contributed by atoms with Gasteiger partial charge in [0.15, 0.2) is 0 Å². The van der Waals surface area contributed by atoms with E-state index >= 15 is 0 Å². The number of hydrogen-bond acceptors (Lipinski definition) is 5. The monoisotopic (exact) mass is 389 g/mol. The van der Waals surface area contributed by atoms with Crippen LogP contribution in [0, 0.1) is 0 Å². The Bertz CT molecular complexity index is 792. The van der Waals surface area contributed by atoms with Crippen LogP contribution in [0.15, 0.2) is 54.6 Å². The van der Waals surface area contributed by atoms with Crippen molar-refractivity contribution in [1.29, 1.82) is 0 Å². The lowest BCUT2D eigenvalue weighted by atomic mass is 10.1. The molecule has 27 heavy (non-hydrogen) atoms. The van der Waals surface area contributed by atoms with Crippen LogP contribution in [0.1, 0.15) is 25.5 Å². The average molecular weight is 390 g/mol. The fourth-order valence-corrected chi connectivity index (χ4v) is 2.58. The maximum atomic E-state index is 13.2. The number of anilines is 1. The number of rotatable bonds is 7. The molecule has 0 spiro atoms. The number of amides is 1. The van der Waals surface area contributed by atoms with Crippen molar-refractivity contribution in [2.24, 2.45) is 0 Å². The number of nitrogens with zero attached hydrogens (tertiary/aromatic N) is 1. The number of ether oxygens (including phenoxy) is 2. The van der Waals surface area contributed by atoms with Gasteiger partial charge in [-0.1, -0.05) is 41.9 Å². The van der Waals surface area contributed by atoms with Gasteiger partial charge in [0.1, 0.15) is 6.54 Å². The van der Waals surface area contributed by atoms with E-state index in [0.29, 0.717) is 16.3 Å².